The summed E-state index contributed by atoms with van der Waals surface area (Å²) in [6.07, 6.45) is 3.45. The van der Waals surface area contributed by atoms with Crippen LogP contribution >= 0.6 is 11.8 Å². The van der Waals surface area contributed by atoms with E-state index in [1.54, 1.807) is 0 Å². The molecule has 1 saturated carbocycles. The van der Waals surface area contributed by atoms with Gasteiger partial charge in [-0.05, 0) is 56.4 Å². The fourth-order valence-corrected chi connectivity index (χ4v) is 4.50. The van der Waals surface area contributed by atoms with E-state index in [2.05, 4.69) is 29.4 Å². The Labute approximate surface area is 176 Å². The summed E-state index contributed by atoms with van der Waals surface area (Å²) >= 11 is 1.32. The number of nitrogens with one attached hydrogen (secondary N) is 1. The molecule has 0 saturated heterocycles. The number of benzene rings is 1. The van der Waals surface area contributed by atoms with Gasteiger partial charge in [-0.1, -0.05) is 38.5 Å². The zero-order valence-corrected chi connectivity index (χ0v) is 18.4. The van der Waals surface area contributed by atoms with Gasteiger partial charge >= 0.3 is 0 Å². The van der Waals surface area contributed by atoms with E-state index in [9.17, 15) is 4.79 Å². The largest absolute Gasteiger partial charge is 0.494 e. The van der Waals surface area contributed by atoms with Crippen molar-refractivity contribution in [3.05, 3.63) is 24.3 Å². The van der Waals surface area contributed by atoms with Crippen LogP contribution in [-0.4, -0.2) is 38.7 Å². The second kappa shape index (κ2) is 9.52. The summed E-state index contributed by atoms with van der Waals surface area (Å²) < 4.78 is 6.90. The standard InChI is InChI=1S/C21H31N5O2S/c1-5-28-17-11-9-16(10-12-17)19-24-25-21(26(19)22)29-15(4)20(27)23-18-8-6-7-13(2)14(18)3/h9-15,18H,5-8,22H2,1-4H3,(H,23,27)/t13-,14-,15-,18+/m0/s1. The quantitative estimate of drug-likeness (QED) is 0.529. The van der Waals surface area contributed by atoms with Crippen molar-refractivity contribution in [1.29, 1.82) is 0 Å². The number of nitrogen functional groups attached to an aromatic ring is 1. The zero-order valence-electron chi connectivity index (χ0n) is 17.6. The second-order valence-corrected chi connectivity index (χ2v) is 9.08. The lowest BCUT2D eigenvalue weighted by molar-refractivity contribution is -0.121. The minimum absolute atomic E-state index is 0.0200. The van der Waals surface area contributed by atoms with Crippen molar-refractivity contribution >= 4 is 17.7 Å². The zero-order chi connectivity index (χ0) is 21.0. The maximum atomic E-state index is 12.7. The van der Waals surface area contributed by atoms with Gasteiger partial charge in [0, 0.05) is 11.6 Å². The molecule has 2 aromatic rings. The van der Waals surface area contributed by atoms with Crippen LogP contribution in [0, 0.1) is 11.8 Å². The van der Waals surface area contributed by atoms with Crippen molar-refractivity contribution in [2.75, 3.05) is 12.4 Å². The fourth-order valence-electron chi connectivity index (χ4n) is 3.72. The summed E-state index contributed by atoms with van der Waals surface area (Å²) in [6.45, 7) is 8.93. The van der Waals surface area contributed by atoms with Gasteiger partial charge < -0.3 is 15.9 Å². The number of carbonyl (C=O) groups is 1. The van der Waals surface area contributed by atoms with Crippen LogP contribution in [0.15, 0.2) is 29.4 Å². The smallest absolute Gasteiger partial charge is 0.233 e. The molecule has 0 unspecified atom stereocenters. The van der Waals surface area contributed by atoms with Gasteiger partial charge in [0.25, 0.3) is 0 Å². The summed E-state index contributed by atoms with van der Waals surface area (Å²) in [5.74, 6) is 8.72. The molecular weight excluding hydrogens is 386 g/mol. The minimum atomic E-state index is -0.306. The van der Waals surface area contributed by atoms with Gasteiger partial charge in [0.2, 0.25) is 11.1 Å². The van der Waals surface area contributed by atoms with Gasteiger partial charge in [0.05, 0.1) is 11.9 Å². The molecule has 158 valence electrons. The number of nitrogens with two attached hydrogens (primary N) is 1. The van der Waals surface area contributed by atoms with Gasteiger partial charge in [-0.3, -0.25) is 4.79 Å². The molecule has 7 nitrogen and oxygen atoms in total. The van der Waals surface area contributed by atoms with E-state index in [4.69, 9.17) is 10.6 Å². The molecule has 1 aliphatic carbocycles. The lowest BCUT2D eigenvalue weighted by atomic mass is 9.78. The van der Waals surface area contributed by atoms with E-state index in [0.29, 0.717) is 29.4 Å². The Hall–Kier alpha value is -2.22. The first-order valence-electron chi connectivity index (χ1n) is 10.3. The third-order valence-corrected chi connectivity index (χ3v) is 6.83. The van der Waals surface area contributed by atoms with Gasteiger partial charge in [-0.2, -0.15) is 0 Å². The molecular formula is C21H31N5O2S. The number of ether oxygens (including phenoxy) is 1. The Bertz CT molecular complexity index is 823. The summed E-state index contributed by atoms with van der Waals surface area (Å²) in [7, 11) is 0. The highest BCUT2D eigenvalue weighted by molar-refractivity contribution is 8.00. The highest BCUT2D eigenvalue weighted by atomic mass is 32.2. The lowest BCUT2D eigenvalue weighted by Crippen LogP contribution is -2.46. The first-order valence-corrected chi connectivity index (χ1v) is 11.2. The normalized spacial score (nSPS) is 22.8. The molecule has 4 atom stereocenters. The van der Waals surface area contributed by atoms with Crippen molar-refractivity contribution in [3.8, 4) is 17.1 Å². The summed E-state index contributed by atoms with van der Waals surface area (Å²) in [4.78, 5) is 12.7. The molecule has 3 N–H and O–H groups in total. The van der Waals surface area contributed by atoms with E-state index in [-0.39, 0.29) is 17.2 Å². The molecule has 1 aromatic carbocycles. The second-order valence-electron chi connectivity index (χ2n) is 7.78. The average Bonchev–Trinajstić information content (AvgIpc) is 3.06. The average molecular weight is 418 g/mol. The molecule has 1 aromatic heterocycles. The van der Waals surface area contributed by atoms with E-state index >= 15 is 0 Å². The van der Waals surface area contributed by atoms with Crippen molar-refractivity contribution in [2.24, 2.45) is 11.8 Å². The van der Waals surface area contributed by atoms with Crippen LogP contribution in [0.4, 0.5) is 0 Å². The van der Waals surface area contributed by atoms with Crippen LogP contribution in [0.2, 0.25) is 0 Å². The maximum absolute atomic E-state index is 12.7. The lowest BCUT2D eigenvalue weighted by Gasteiger charge is -2.35. The number of aromatic nitrogens is 3. The highest BCUT2D eigenvalue weighted by Gasteiger charge is 2.30. The summed E-state index contributed by atoms with van der Waals surface area (Å²) in [6, 6.07) is 7.79. The van der Waals surface area contributed by atoms with Gasteiger partial charge in [0.1, 0.15) is 5.75 Å². The minimum Gasteiger partial charge on any atom is -0.494 e. The molecule has 3 rings (SSSR count). The predicted octanol–water partition coefficient (Wildman–Crippen LogP) is 3.48. The number of hydrogen-bond acceptors (Lipinski definition) is 6. The summed E-state index contributed by atoms with van der Waals surface area (Å²) in [5.41, 5.74) is 0.845. The van der Waals surface area contributed by atoms with Crippen molar-refractivity contribution < 1.29 is 9.53 Å². The number of hydrogen-bond donors (Lipinski definition) is 2. The van der Waals surface area contributed by atoms with Crippen molar-refractivity contribution in [3.63, 3.8) is 0 Å². The van der Waals surface area contributed by atoms with E-state index < -0.39 is 0 Å². The molecule has 8 heteroatoms. The number of nitrogens with zero attached hydrogens (tertiary/aromatic N) is 3. The van der Waals surface area contributed by atoms with Crippen LogP contribution in [-0.2, 0) is 4.79 Å². The number of amides is 1. The molecule has 0 aliphatic heterocycles. The van der Waals surface area contributed by atoms with Crippen LogP contribution in [0.3, 0.4) is 0 Å². The first kappa shape index (κ1) is 21.5. The van der Waals surface area contributed by atoms with Crippen molar-refractivity contribution in [2.45, 2.75) is 63.4 Å². The SMILES string of the molecule is CCOc1ccc(-c2nnc(S[C@@H](C)C(=O)N[C@@H]3CCC[C@H](C)[C@@H]3C)n2N)cc1. The molecule has 1 aliphatic rings. The van der Waals surface area contributed by atoms with Crippen LogP contribution < -0.4 is 15.9 Å². The Balaban J connectivity index is 1.63. The van der Waals surface area contributed by atoms with Crippen LogP contribution in [0.5, 0.6) is 5.75 Å². The molecule has 0 spiro atoms. The molecule has 1 fully saturated rings. The Kier molecular flexibility index (Phi) is 7.05. The fraction of sp³-hybridized carbons (Fsp3) is 0.571. The van der Waals surface area contributed by atoms with E-state index in [1.807, 2.05) is 38.1 Å². The van der Waals surface area contributed by atoms with Crippen LogP contribution in [0.25, 0.3) is 11.4 Å². The molecule has 1 amide bonds. The number of carbonyl (C=O) groups excluding carboxylic acids is 1. The summed E-state index contributed by atoms with van der Waals surface area (Å²) in [5, 5.41) is 11.8. The topological polar surface area (TPSA) is 95.1 Å². The third kappa shape index (κ3) is 5.04. The van der Waals surface area contributed by atoms with Crippen molar-refractivity contribution in [1.82, 2.24) is 20.2 Å². The molecule has 0 radical (unpaired) electrons. The Morgan fingerprint density at radius 3 is 2.72 bits per heavy atom. The first-order chi connectivity index (χ1) is 13.9. The van der Waals surface area contributed by atoms with Gasteiger partial charge in [0.15, 0.2) is 5.82 Å². The number of thioether (sulfide) groups is 1. The van der Waals surface area contributed by atoms with Crippen LogP contribution in [0.1, 0.15) is 47.0 Å². The number of rotatable bonds is 7. The third-order valence-electron chi connectivity index (χ3n) is 5.77. The maximum Gasteiger partial charge on any atom is 0.233 e. The molecule has 29 heavy (non-hydrogen) atoms. The molecule has 1 heterocycles. The Morgan fingerprint density at radius 2 is 2.03 bits per heavy atom. The Morgan fingerprint density at radius 1 is 1.31 bits per heavy atom. The predicted molar refractivity (Wildman–Crippen MR) is 116 cm³/mol. The monoisotopic (exact) mass is 417 g/mol. The van der Waals surface area contributed by atoms with E-state index in [0.717, 1.165) is 17.7 Å². The van der Waals surface area contributed by atoms with E-state index in [1.165, 1.54) is 29.3 Å². The van der Waals surface area contributed by atoms with Gasteiger partial charge in [-0.15, -0.1) is 10.2 Å². The highest BCUT2D eigenvalue weighted by Crippen LogP contribution is 2.30. The van der Waals surface area contributed by atoms with Gasteiger partial charge in [-0.25, -0.2) is 4.68 Å². The molecule has 0 bridgehead atoms.